The zero-order chi connectivity index (χ0) is 28.6. The van der Waals surface area contributed by atoms with Gasteiger partial charge in [-0.1, -0.05) is 84.9 Å². The monoisotopic (exact) mass is 544 g/mol. The number of hydrogen-bond donors (Lipinski definition) is 0. The number of esters is 1. The number of carbonyl (C=O) groups is 1. The molecule has 3 aromatic carbocycles. The van der Waals surface area contributed by atoms with Crippen molar-refractivity contribution in [3.63, 3.8) is 0 Å². The summed E-state index contributed by atoms with van der Waals surface area (Å²) < 4.78 is 29.3. The van der Waals surface area contributed by atoms with Gasteiger partial charge in [-0.05, 0) is 42.2 Å². The Hall–Kier alpha value is -3.71. The van der Waals surface area contributed by atoms with E-state index in [9.17, 15) is 4.79 Å². The molecule has 0 aliphatic heterocycles. The van der Waals surface area contributed by atoms with E-state index in [4.69, 9.17) is 23.7 Å². The number of rotatable bonds is 18. The number of carbonyl (C=O) groups excluding carboxylic acids is 1. The first kappa shape index (κ1) is 30.8. The molecule has 6 heteroatoms. The third-order valence-corrected chi connectivity index (χ3v) is 6.44. The molecule has 3 rings (SSSR count). The molecule has 0 radical (unpaired) electrons. The average molecular weight is 545 g/mol. The van der Waals surface area contributed by atoms with Crippen LogP contribution in [0.5, 0.6) is 5.75 Å². The molecule has 0 N–H and O–H groups in total. The van der Waals surface area contributed by atoms with Crippen LogP contribution in [0.15, 0.2) is 110 Å². The maximum absolute atomic E-state index is 12.8. The molecule has 0 bridgehead atoms. The minimum atomic E-state index is -0.503. The van der Waals surface area contributed by atoms with Crippen LogP contribution in [-0.4, -0.2) is 37.5 Å². The van der Waals surface area contributed by atoms with Gasteiger partial charge < -0.3 is 23.7 Å². The molecule has 0 spiro atoms. The van der Waals surface area contributed by atoms with Crippen LogP contribution in [0.2, 0.25) is 0 Å². The minimum Gasteiger partial charge on any atom is -0.497 e. The quantitative estimate of drug-likeness (QED) is 0.129. The van der Waals surface area contributed by atoms with Crippen molar-refractivity contribution >= 4 is 5.97 Å². The van der Waals surface area contributed by atoms with Crippen LogP contribution in [0.1, 0.15) is 36.5 Å². The first-order valence-corrected chi connectivity index (χ1v) is 13.5. The predicted octanol–water partition coefficient (Wildman–Crippen LogP) is 6.84. The van der Waals surface area contributed by atoms with Gasteiger partial charge in [0.25, 0.3) is 0 Å². The van der Waals surface area contributed by atoms with E-state index in [1.165, 1.54) is 0 Å². The molecule has 3 aromatic rings. The zero-order valence-electron chi connectivity index (χ0n) is 23.4. The van der Waals surface area contributed by atoms with E-state index in [0.717, 1.165) is 22.4 Å². The maximum Gasteiger partial charge on any atom is 0.306 e. The summed E-state index contributed by atoms with van der Waals surface area (Å²) in [5.41, 5.74) is 3.07. The lowest BCUT2D eigenvalue weighted by Crippen LogP contribution is -2.32. The number of benzene rings is 3. The predicted molar refractivity (Wildman–Crippen MR) is 157 cm³/mol. The molecular formula is C34H40O6. The van der Waals surface area contributed by atoms with E-state index in [2.05, 4.69) is 13.2 Å². The third-order valence-electron chi connectivity index (χ3n) is 6.44. The second-order valence-electron chi connectivity index (χ2n) is 9.43. The summed E-state index contributed by atoms with van der Waals surface area (Å²) in [6.07, 6.45) is 2.21. The first-order chi connectivity index (χ1) is 19.5. The Bertz CT molecular complexity index is 1150. The van der Waals surface area contributed by atoms with Crippen molar-refractivity contribution in [3.8, 4) is 5.75 Å². The molecule has 6 nitrogen and oxygen atoms in total. The molecule has 4 atom stereocenters. The van der Waals surface area contributed by atoms with Crippen LogP contribution in [0.25, 0.3) is 0 Å². The van der Waals surface area contributed by atoms with Gasteiger partial charge in [0, 0.05) is 6.42 Å². The van der Waals surface area contributed by atoms with E-state index in [-0.39, 0.29) is 18.5 Å². The van der Waals surface area contributed by atoms with Gasteiger partial charge in [0.15, 0.2) is 0 Å². The van der Waals surface area contributed by atoms with Gasteiger partial charge in [-0.25, -0.2) is 0 Å². The summed E-state index contributed by atoms with van der Waals surface area (Å²) in [4.78, 5) is 12.8. The molecule has 0 heterocycles. The third kappa shape index (κ3) is 10.5. The first-order valence-electron chi connectivity index (χ1n) is 13.5. The molecule has 0 saturated carbocycles. The average Bonchev–Trinajstić information content (AvgIpc) is 2.99. The standard InChI is InChI=1S/C34H40O6/c1-5-31(37-25-29-17-19-30(36-4)20-18-29)26(3)40-34(35)22-21-33(39-24-28-15-11-8-12-16-28)32(6-2)38-23-27-13-9-7-10-14-27/h5-20,26,31-33H,1-2,21-25H2,3-4H3/t26-,31+,32-,33+/m1/s1. The molecular weight excluding hydrogens is 504 g/mol. The lowest BCUT2D eigenvalue weighted by Gasteiger charge is -2.26. The Balaban J connectivity index is 1.54. The summed E-state index contributed by atoms with van der Waals surface area (Å²) in [7, 11) is 1.63. The van der Waals surface area contributed by atoms with Crippen LogP contribution in [0.3, 0.4) is 0 Å². The Morgan fingerprint density at radius 3 is 1.75 bits per heavy atom. The lowest BCUT2D eigenvalue weighted by atomic mass is 10.1. The molecule has 0 aliphatic carbocycles. The molecule has 212 valence electrons. The fourth-order valence-electron chi connectivity index (χ4n) is 4.12. The summed E-state index contributed by atoms with van der Waals surface area (Å²) in [5, 5.41) is 0. The van der Waals surface area contributed by atoms with Crippen molar-refractivity contribution in [1.29, 1.82) is 0 Å². The molecule has 40 heavy (non-hydrogen) atoms. The summed E-state index contributed by atoms with van der Waals surface area (Å²) in [6, 6.07) is 27.4. The van der Waals surface area contributed by atoms with Gasteiger partial charge >= 0.3 is 5.97 Å². The second-order valence-corrected chi connectivity index (χ2v) is 9.43. The number of methoxy groups -OCH3 is 1. The smallest absolute Gasteiger partial charge is 0.306 e. The van der Waals surface area contributed by atoms with Gasteiger partial charge in [0.1, 0.15) is 24.1 Å². The van der Waals surface area contributed by atoms with Crippen LogP contribution >= 0.6 is 0 Å². The van der Waals surface area contributed by atoms with Crippen molar-refractivity contribution in [2.24, 2.45) is 0 Å². The van der Waals surface area contributed by atoms with Gasteiger partial charge in [0.2, 0.25) is 0 Å². The van der Waals surface area contributed by atoms with E-state index >= 15 is 0 Å². The highest BCUT2D eigenvalue weighted by molar-refractivity contribution is 5.69. The highest BCUT2D eigenvalue weighted by atomic mass is 16.6. The molecule has 0 saturated heterocycles. The SMILES string of the molecule is C=C[C@H](OCc1ccc(OC)cc1)[C@@H](C)OC(=O)CC[C@H](OCc1ccccc1)[C@@H](C=C)OCc1ccccc1. The van der Waals surface area contributed by atoms with Gasteiger partial charge in [-0.15, -0.1) is 13.2 Å². The molecule has 0 aliphatic rings. The fourth-order valence-corrected chi connectivity index (χ4v) is 4.12. The van der Waals surface area contributed by atoms with Crippen LogP contribution in [0.4, 0.5) is 0 Å². The van der Waals surface area contributed by atoms with Crippen LogP contribution in [0, 0.1) is 0 Å². The Kier molecular flexibility index (Phi) is 13.2. The maximum atomic E-state index is 12.8. The topological polar surface area (TPSA) is 63.2 Å². The Morgan fingerprint density at radius 2 is 1.23 bits per heavy atom. The summed E-state index contributed by atoms with van der Waals surface area (Å²) in [5.74, 6) is 0.438. The minimum absolute atomic E-state index is 0.158. The molecule has 0 unspecified atom stereocenters. The van der Waals surface area contributed by atoms with E-state index in [1.54, 1.807) is 26.2 Å². The van der Waals surface area contributed by atoms with Crippen molar-refractivity contribution in [2.75, 3.05) is 7.11 Å². The normalized spacial score (nSPS) is 13.9. The van der Waals surface area contributed by atoms with E-state index in [0.29, 0.717) is 26.2 Å². The largest absolute Gasteiger partial charge is 0.497 e. The molecule has 0 aromatic heterocycles. The second kappa shape index (κ2) is 17.1. The van der Waals surface area contributed by atoms with Gasteiger partial charge in [-0.3, -0.25) is 4.79 Å². The Labute approximate surface area is 238 Å². The Morgan fingerprint density at radius 1 is 0.725 bits per heavy atom. The van der Waals surface area contributed by atoms with Crippen molar-refractivity contribution in [1.82, 2.24) is 0 Å². The highest BCUT2D eigenvalue weighted by Crippen LogP contribution is 2.19. The van der Waals surface area contributed by atoms with Crippen LogP contribution < -0.4 is 4.74 Å². The number of hydrogen-bond acceptors (Lipinski definition) is 6. The van der Waals surface area contributed by atoms with E-state index in [1.807, 2.05) is 84.9 Å². The van der Waals surface area contributed by atoms with Crippen molar-refractivity contribution in [2.45, 2.75) is 64.0 Å². The molecule has 0 amide bonds. The van der Waals surface area contributed by atoms with Gasteiger partial charge in [0.05, 0.1) is 33.0 Å². The fraction of sp³-hybridized carbons (Fsp3) is 0.324. The van der Waals surface area contributed by atoms with Crippen LogP contribution in [-0.2, 0) is 43.6 Å². The van der Waals surface area contributed by atoms with Gasteiger partial charge in [-0.2, -0.15) is 0 Å². The summed E-state index contributed by atoms with van der Waals surface area (Å²) in [6.45, 7) is 10.8. The van der Waals surface area contributed by atoms with E-state index < -0.39 is 18.3 Å². The zero-order valence-corrected chi connectivity index (χ0v) is 23.4. The highest BCUT2D eigenvalue weighted by Gasteiger charge is 2.24. The number of ether oxygens (including phenoxy) is 5. The molecule has 0 fully saturated rings. The van der Waals surface area contributed by atoms with Crippen molar-refractivity contribution < 1.29 is 28.5 Å². The lowest BCUT2D eigenvalue weighted by molar-refractivity contribution is -0.156. The van der Waals surface area contributed by atoms with Crippen molar-refractivity contribution in [3.05, 3.63) is 127 Å². The summed E-state index contributed by atoms with van der Waals surface area (Å²) >= 11 is 0.